The summed E-state index contributed by atoms with van der Waals surface area (Å²) in [7, 11) is 1.77. The van der Waals surface area contributed by atoms with Crippen molar-refractivity contribution in [3.05, 3.63) is 28.8 Å². The van der Waals surface area contributed by atoms with Gasteiger partial charge in [-0.3, -0.25) is 0 Å². The third-order valence-corrected chi connectivity index (χ3v) is 4.89. The topological polar surface area (TPSA) is 21.3 Å². The zero-order valence-corrected chi connectivity index (χ0v) is 12.6. The molecule has 0 saturated heterocycles. The van der Waals surface area contributed by atoms with Crippen LogP contribution < -0.4 is 10.1 Å². The second kappa shape index (κ2) is 5.98. The van der Waals surface area contributed by atoms with Gasteiger partial charge in [-0.2, -0.15) is 11.8 Å². The molecule has 3 heteroatoms. The van der Waals surface area contributed by atoms with Gasteiger partial charge in [0.05, 0.1) is 7.11 Å². The molecule has 2 rings (SSSR count). The van der Waals surface area contributed by atoms with Crippen LogP contribution in [0.25, 0.3) is 0 Å². The van der Waals surface area contributed by atoms with Gasteiger partial charge >= 0.3 is 0 Å². The van der Waals surface area contributed by atoms with Crippen LogP contribution in [-0.2, 0) is 5.75 Å². The normalized spacial score (nSPS) is 22.7. The number of methoxy groups -OCH3 is 1. The van der Waals surface area contributed by atoms with Crippen LogP contribution in [-0.4, -0.2) is 18.9 Å². The Morgan fingerprint density at radius 3 is 2.89 bits per heavy atom. The van der Waals surface area contributed by atoms with Crippen molar-refractivity contribution in [1.29, 1.82) is 0 Å². The molecule has 18 heavy (non-hydrogen) atoms. The predicted molar refractivity (Wildman–Crippen MR) is 79.5 cm³/mol. The monoisotopic (exact) mass is 265 g/mol. The summed E-state index contributed by atoms with van der Waals surface area (Å²) in [6, 6.07) is 4.73. The molecule has 1 aliphatic heterocycles. The Kier molecular flexibility index (Phi) is 4.57. The minimum atomic E-state index is 0.453. The molecule has 0 bridgehead atoms. The first-order valence-corrected chi connectivity index (χ1v) is 7.75. The van der Waals surface area contributed by atoms with Crippen molar-refractivity contribution in [1.82, 2.24) is 5.32 Å². The van der Waals surface area contributed by atoms with E-state index in [4.69, 9.17) is 4.74 Å². The number of rotatable bonds is 4. The molecule has 0 saturated carbocycles. The van der Waals surface area contributed by atoms with E-state index in [2.05, 4.69) is 38.2 Å². The number of nitrogens with one attached hydrogen (secondary N) is 1. The minimum absolute atomic E-state index is 0.453. The third kappa shape index (κ3) is 2.52. The highest BCUT2D eigenvalue weighted by atomic mass is 32.2. The van der Waals surface area contributed by atoms with Gasteiger partial charge in [0.2, 0.25) is 0 Å². The lowest BCUT2D eigenvalue weighted by Crippen LogP contribution is -2.33. The summed E-state index contributed by atoms with van der Waals surface area (Å²) in [5.74, 6) is 2.10. The largest absolute Gasteiger partial charge is 0.496 e. The maximum atomic E-state index is 5.51. The van der Waals surface area contributed by atoms with Gasteiger partial charge in [-0.25, -0.2) is 0 Å². The smallest absolute Gasteiger partial charge is 0.123 e. The number of ether oxygens (including phenoxy) is 1. The molecular weight excluding hydrogens is 242 g/mol. The maximum Gasteiger partial charge on any atom is 0.123 e. The first-order valence-electron chi connectivity index (χ1n) is 6.70. The molecule has 2 atom stereocenters. The SMILES string of the molecule is CCCNC1c2c(C)ccc(OC)c2CSC1C. The predicted octanol–water partition coefficient (Wildman–Crippen LogP) is 3.68. The Labute approximate surface area is 114 Å². The zero-order chi connectivity index (χ0) is 13.1. The van der Waals surface area contributed by atoms with Crippen molar-refractivity contribution >= 4 is 11.8 Å². The molecule has 0 spiro atoms. The third-order valence-electron chi connectivity index (χ3n) is 3.64. The fraction of sp³-hybridized carbons (Fsp3) is 0.600. The van der Waals surface area contributed by atoms with E-state index < -0.39 is 0 Å². The summed E-state index contributed by atoms with van der Waals surface area (Å²) in [6.07, 6.45) is 1.17. The van der Waals surface area contributed by atoms with E-state index in [-0.39, 0.29) is 0 Å². The van der Waals surface area contributed by atoms with Crippen LogP contribution in [0.15, 0.2) is 12.1 Å². The highest BCUT2D eigenvalue weighted by Gasteiger charge is 2.29. The summed E-state index contributed by atoms with van der Waals surface area (Å²) in [4.78, 5) is 0. The number of hydrogen-bond acceptors (Lipinski definition) is 3. The highest BCUT2D eigenvalue weighted by Crippen LogP contribution is 2.42. The molecule has 0 aliphatic carbocycles. The molecule has 1 aliphatic rings. The van der Waals surface area contributed by atoms with Gasteiger partial charge in [0, 0.05) is 22.6 Å². The van der Waals surface area contributed by atoms with E-state index in [1.807, 2.05) is 11.8 Å². The first-order chi connectivity index (χ1) is 8.69. The average Bonchev–Trinajstić information content (AvgIpc) is 2.38. The maximum absolute atomic E-state index is 5.51. The molecule has 0 radical (unpaired) electrons. The Hall–Kier alpha value is -0.670. The van der Waals surface area contributed by atoms with Crippen molar-refractivity contribution in [3.8, 4) is 5.75 Å². The lowest BCUT2D eigenvalue weighted by Gasteiger charge is -2.34. The van der Waals surface area contributed by atoms with Gasteiger partial charge in [-0.05, 0) is 37.1 Å². The van der Waals surface area contributed by atoms with Crippen molar-refractivity contribution < 1.29 is 4.74 Å². The summed E-state index contributed by atoms with van der Waals surface area (Å²) in [5.41, 5.74) is 4.23. The highest BCUT2D eigenvalue weighted by molar-refractivity contribution is 7.99. The van der Waals surface area contributed by atoms with E-state index in [0.717, 1.165) is 18.0 Å². The first kappa shape index (κ1) is 13.8. The van der Waals surface area contributed by atoms with Gasteiger partial charge in [-0.1, -0.05) is 19.9 Å². The van der Waals surface area contributed by atoms with Crippen molar-refractivity contribution in [2.75, 3.05) is 13.7 Å². The number of aryl methyl sites for hydroxylation is 1. The van der Waals surface area contributed by atoms with E-state index in [0.29, 0.717) is 11.3 Å². The number of benzene rings is 1. The number of thioether (sulfide) groups is 1. The quantitative estimate of drug-likeness (QED) is 0.897. The van der Waals surface area contributed by atoms with Crippen LogP contribution in [0.4, 0.5) is 0 Å². The molecule has 1 aromatic carbocycles. The molecular formula is C15H23NOS. The van der Waals surface area contributed by atoms with Crippen LogP contribution in [0.3, 0.4) is 0 Å². The molecule has 0 amide bonds. The second-order valence-corrected chi connectivity index (χ2v) is 6.29. The molecule has 1 heterocycles. The fourth-order valence-corrected chi connectivity index (χ4v) is 3.80. The van der Waals surface area contributed by atoms with Crippen molar-refractivity contribution in [2.24, 2.45) is 0 Å². The average molecular weight is 265 g/mol. The van der Waals surface area contributed by atoms with Crippen LogP contribution in [0, 0.1) is 6.92 Å². The summed E-state index contributed by atoms with van der Waals surface area (Å²) >= 11 is 2.02. The number of fused-ring (bicyclic) bond motifs is 1. The molecule has 0 fully saturated rings. The van der Waals surface area contributed by atoms with Gasteiger partial charge in [0.15, 0.2) is 0 Å². The van der Waals surface area contributed by atoms with Crippen molar-refractivity contribution in [2.45, 2.75) is 44.2 Å². The van der Waals surface area contributed by atoms with Gasteiger partial charge in [-0.15, -0.1) is 0 Å². The molecule has 1 aromatic rings. The fourth-order valence-electron chi connectivity index (χ4n) is 2.65. The lowest BCUT2D eigenvalue weighted by atomic mass is 9.93. The summed E-state index contributed by atoms with van der Waals surface area (Å²) in [5, 5.41) is 4.31. The Morgan fingerprint density at radius 2 is 2.22 bits per heavy atom. The van der Waals surface area contributed by atoms with E-state index in [1.165, 1.54) is 23.1 Å². The van der Waals surface area contributed by atoms with Crippen LogP contribution in [0.5, 0.6) is 5.75 Å². The van der Waals surface area contributed by atoms with E-state index in [1.54, 1.807) is 7.11 Å². The van der Waals surface area contributed by atoms with Gasteiger partial charge < -0.3 is 10.1 Å². The van der Waals surface area contributed by atoms with Crippen LogP contribution >= 0.6 is 11.8 Å². The minimum Gasteiger partial charge on any atom is -0.496 e. The van der Waals surface area contributed by atoms with Crippen LogP contribution in [0.2, 0.25) is 0 Å². The van der Waals surface area contributed by atoms with Crippen molar-refractivity contribution in [3.63, 3.8) is 0 Å². The Morgan fingerprint density at radius 1 is 1.44 bits per heavy atom. The molecule has 2 nitrogen and oxygen atoms in total. The van der Waals surface area contributed by atoms with Gasteiger partial charge in [0.1, 0.15) is 5.75 Å². The zero-order valence-electron chi connectivity index (χ0n) is 11.7. The Bertz CT molecular complexity index is 419. The molecule has 100 valence electrons. The van der Waals surface area contributed by atoms with Crippen LogP contribution in [0.1, 0.15) is 43.0 Å². The molecule has 1 N–H and O–H groups in total. The number of hydrogen-bond donors (Lipinski definition) is 1. The summed E-state index contributed by atoms with van der Waals surface area (Å²) < 4.78 is 5.51. The van der Waals surface area contributed by atoms with E-state index in [9.17, 15) is 0 Å². The second-order valence-electron chi connectivity index (χ2n) is 4.92. The summed E-state index contributed by atoms with van der Waals surface area (Å²) in [6.45, 7) is 7.82. The lowest BCUT2D eigenvalue weighted by molar-refractivity contribution is 0.407. The Balaban J connectivity index is 2.41. The molecule has 0 aromatic heterocycles. The van der Waals surface area contributed by atoms with E-state index >= 15 is 0 Å². The van der Waals surface area contributed by atoms with Gasteiger partial charge in [0.25, 0.3) is 0 Å². The standard InChI is InChI=1S/C15H23NOS/c1-5-8-16-15-11(3)18-9-12-13(17-4)7-6-10(2)14(12)15/h6-7,11,15-16H,5,8-9H2,1-4H3. The molecule has 2 unspecified atom stereocenters.